The Balaban J connectivity index is 1.41. The number of ether oxygens (including phenoxy) is 3. The molecular formula is C24H24BrN3O4. The van der Waals surface area contributed by atoms with Crippen LogP contribution < -0.4 is 14.9 Å². The maximum Gasteiger partial charge on any atom is 0.271 e. The number of pyridine rings is 1. The summed E-state index contributed by atoms with van der Waals surface area (Å²) in [6.45, 7) is 3.76. The molecule has 3 aromatic rings. The number of hydrazone groups is 1. The van der Waals surface area contributed by atoms with Crippen molar-refractivity contribution in [2.24, 2.45) is 5.10 Å². The molecule has 0 radical (unpaired) electrons. The van der Waals surface area contributed by atoms with E-state index in [0.717, 1.165) is 15.8 Å². The molecular weight excluding hydrogens is 474 g/mol. The average Bonchev–Trinajstić information content (AvgIpc) is 2.81. The van der Waals surface area contributed by atoms with E-state index in [4.69, 9.17) is 14.2 Å². The molecule has 0 saturated carbocycles. The lowest BCUT2D eigenvalue weighted by Crippen LogP contribution is -2.17. The molecule has 0 aliphatic rings. The van der Waals surface area contributed by atoms with Gasteiger partial charge in [-0.25, -0.2) is 5.43 Å². The van der Waals surface area contributed by atoms with Crippen LogP contribution in [0.1, 0.15) is 21.5 Å². The highest BCUT2D eigenvalue weighted by molar-refractivity contribution is 9.10. The van der Waals surface area contributed by atoms with Crippen molar-refractivity contribution in [2.75, 3.05) is 26.4 Å². The zero-order valence-electron chi connectivity index (χ0n) is 17.7. The third kappa shape index (κ3) is 7.79. The first kappa shape index (κ1) is 23.4. The maximum atomic E-state index is 12.1. The molecule has 1 amide bonds. The lowest BCUT2D eigenvalue weighted by atomic mass is 10.2. The minimum atomic E-state index is -0.317. The van der Waals surface area contributed by atoms with Gasteiger partial charge in [0.05, 0.1) is 19.4 Å². The highest BCUT2D eigenvalue weighted by Gasteiger charge is 2.05. The zero-order valence-corrected chi connectivity index (χ0v) is 19.2. The predicted octanol–water partition coefficient (Wildman–Crippen LogP) is 4.39. The molecule has 0 unspecified atom stereocenters. The molecule has 1 heterocycles. The van der Waals surface area contributed by atoms with Gasteiger partial charge in [-0.05, 0) is 49.4 Å². The molecule has 0 aliphatic heterocycles. The molecule has 0 aliphatic carbocycles. The molecule has 2 aromatic carbocycles. The number of aromatic nitrogens is 1. The Morgan fingerprint density at radius 2 is 1.72 bits per heavy atom. The third-order valence-electron chi connectivity index (χ3n) is 4.29. The van der Waals surface area contributed by atoms with Crippen LogP contribution in [0.2, 0.25) is 0 Å². The van der Waals surface area contributed by atoms with Crippen LogP contribution in [0.5, 0.6) is 11.5 Å². The molecule has 3 rings (SSSR count). The Kier molecular flexibility index (Phi) is 9.21. The largest absolute Gasteiger partial charge is 0.491 e. The standard InChI is InChI=1S/C24H24BrN3O4/c1-18-2-5-22(6-3-18)31-14-12-30-13-15-32-23-7-4-21(25)16-20(23)17-27-28-24(29)19-8-10-26-11-9-19/h2-11,16-17H,12-15H2,1H3,(H,28,29)/b27-17-. The summed E-state index contributed by atoms with van der Waals surface area (Å²) in [6.07, 6.45) is 4.64. The summed E-state index contributed by atoms with van der Waals surface area (Å²) < 4.78 is 17.9. The van der Waals surface area contributed by atoms with Gasteiger partial charge in [0.25, 0.3) is 5.91 Å². The molecule has 8 heteroatoms. The number of aryl methyl sites for hydroxylation is 1. The van der Waals surface area contributed by atoms with Crippen molar-refractivity contribution in [1.29, 1.82) is 0 Å². The molecule has 0 atom stereocenters. The van der Waals surface area contributed by atoms with Crippen LogP contribution in [0.25, 0.3) is 0 Å². The van der Waals surface area contributed by atoms with Crippen molar-refractivity contribution in [3.05, 3.63) is 88.2 Å². The summed E-state index contributed by atoms with van der Waals surface area (Å²) in [5.41, 5.74) is 4.89. The summed E-state index contributed by atoms with van der Waals surface area (Å²) in [4.78, 5) is 16.0. The molecule has 166 valence electrons. The average molecular weight is 498 g/mol. The molecule has 0 spiro atoms. The number of nitrogens with zero attached hydrogens (tertiary/aromatic N) is 2. The number of amides is 1. The highest BCUT2D eigenvalue weighted by Crippen LogP contribution is 2.21. The van der Waals surface area contributed by atoms with Gasteiger partial charge in [0.1, 0.15) is 24.7 Å². The van der Waals surface area contributed by atoms with Crippen molar-refractivity contribution in [3.63, 3.8) is 0 Å². The topological polar surface area (TPSA) is 82.0 Å². The van der Waals surface area contributed by atoms with Gasteiger partial charge in [-0.3, -0.25) is 9.78 Å². The van der Waals surface area contributed by atoms with E-state index in [-0.39, 0.29) is 5.91 Å². The zero-order chi connectivity index (χ0) is 22.6. The van der Waals surface area contributed by atoms with Gasteiger partial charge in [0, 0.05) is 28.0 Å². The van der Waals surface area contributed by atoms with E-state index in [1.807, 2.05) is 49.4 Å². The molecule has 1 N–H and O–H groups in total. The van der Waals surface area contributed by atoms with E-state index < -0.39 is 0 Å². The number of rotatable bonds is 11. The Bertz CT molecular complexity index is 1030. The molecule has 32 heavy (non-hydrogen) atoms. The fourth-order valence-corrected chi connectivity index (χ4v) is 3.02. The molecule has 0 bridgehead atoms. The second kappa shape index (κ2) is 12.6. The van der Waals surface area contributed by atoms with Gasteiger partial charge in [-0.2, -0.15) is 5.10 Å². The lowest BCUT2D eigenvalue weighted by molar-refractivity contribution is 0.0764. The van der Waals surface area contributed by atoms with E-state index in [0.29, 0.717) is 37.7 Å². The van der Waals surface area contributed by atoms with Crippen molar-refractivity contribution in [3.8, 4) is 11.5 Å². The number of hydrogen-bond donors (Lipinski definition) is 1. The van der Waals surface area contributed by atoms with E-state index in [1.54, 1.807) is 24.5 Å². The van der Waals surface area contributed by atoms with E-state index in [2.05, 4.69) is 31.4 Å². The van der Waals surface area contributed by atoms with E-state index in [9.17, 15) is 4.79 Å². The first-order valence-electron chi connectivity index (χ1n) is 10.0. The minimum absolute atomic E-state index is 0.317. The van der Waals surface area contributed by atoms with Crippen molar-refractivity contribution >= 4 is 28.1 Å². The fraction of sp³-hybridized carbons (Fsp3) is 0.208. The third-order valence-corrected chi connectivity index (χ3v) is 4.78. The fourth-order valence-electron chi connectivity index (χ4n) is 2.65. The van der Waals surface area contributed by atoms with E-state index in [1.165, 1.54) is 11.8 Å². The Hall–Kier alpha value is -3.23. The van der Waals surface area contributed by atoms with Crippen LogP contribution in [0.4, 0.5) is 0 Å². The number of carbonyl (C=O) groups is 1. The van der Waals surface area contributed by atoms with Crippen LogP contribution in [-0.4, -0.2) is 43.5 Å². The van der Waals surface area contributed by atoms with Crippen LogP contribution in [0.15, 0.2) is 76.6 Å². The van der Waals surface area contributed by atoms with Gasteiger partial charge < -0.3 is 14.2 Å². The van der Waals surface area contributed by atoms with Gasteiger partial charge in [0.2, 0.25) is 0 Å². The lowest BCUT2D eigenvalue weighted by Gasteiger charge is -2.11. The molecule has 1 aromatic heterocycles. The van der Waals surface area contributed by atoms with Gasteiger partial charge >= 0.3 is 0 Å². The molecule has 7 nitrogen and oxygen atoms in total. The quantitative estimate of drug-likeness (QED) is 0.241. The first-order valence-corrected chi connectivity index (χ1v) is 10.8. The first-order chi connectivity index (χ1) is 15.6. The van der Waals surface area contributed by atoms with E-state index >= 15 is 0 Å². The Morgan fingerprint density at radius 3 is 2.47 bits per heavy atom. The van der Waals surface area contributed by atoms with Crippen molar-refractivity contribution in [2.45, 2.75) is 6.92 Å². The van der Waals surface area contributed by atoms with Crippen LogP contribution in [0.3, 0.4) is 0 Å². The number of nitrogens with one attached hydrogen (secondary N) is 1. The van der Waals surface area contributed by atoms with Crippen molar-refractivity contribution in [1.82, 2.24) is 10.4 Å². The monoisotopic (exact) mass is 497 g/mol. The number of benzene rings is 2. The summed E-state index contributed by atoms with van der Waals surface area (Å²) in [6, 6.07) is 16.7. The van der Waals surface area contributed by atoms with Crippen LogP contribution >= 0.6 is 15.9 Å². The van der Waals surface area contributed by atoms with Gasteiger partial charge in [0.15, 0.2) is 0 Å². The Labute approximate surface area is 195 Å². The summed E-state index contributed by atoms with van der Waals surface area (Å²) >= 11 is 3.44. The van der Waals surface area contributed by atoms with Gasteiger partial charge in [-0.1, -0.05) is 33.6 Å². The number of hydrogen-bond acceptors (Lipinski definition) is 6. The Morgan fingerprint density at radius 1 is 1.00 bits per heavy atom. The number of carbonyl (C=O) groups excluding carboxylic acids is 1. The van der Waals surface area contributed by atoms with Crippen LogP contribution in [0, 0.1) is 6.92 Å². The van der Waals surface area contributed by atoms with Gasteiger partial charge in [-0.15, -0.1) is 0 Å². The number of halogens is 1. The van der Waals surface area contributed by atoms with Crippen molar-refractivity contribution < 1.29 is 19.0 Å². The summed E-state index contributed by atoms with van der Waals surface area (Å²) in [5, 5.41) is 4.03. The predicted molar refractivity (Wildman–Crippen MR) is 126 cm³/mol. The highest BCUT2D eigenvalue weighted by atomic mass is 79.9. The second-order valence-electron chi connectivity index (χ2n) is 6.74. The molecule has 0 fully saturated rings. The molecule has 0 saturated heterocycles. The summed E-state index contributed by atoms with van der Waals surface area (Å²) in [7, 11) is 0. The summed E-state index contributed by atoms with van der Waals surface area (Å²) in [5.74, 6) is 1.14. The normalized spacial score (nSPS) is 10.8. The van der Waals surface area contributed by atoms with Crippen LogP contribution in [-0.2, 0) is 4.74 Å². The second-order valence-corrected chi connectivity index (χ2v) is 7.66. The SMILES string of the molecule is Cc1ccc(OCCOCCOc2ccc(Br)cc2/C=N\NC(=O)c2ccncc2)cc1. The maximum absolute atomic E-state index is 12.1. The smallest absolute Gasteiger partial charge is 0.271 e. The minimum Gasteiger partial charge on any atom is -0.491 e.